The van der Waals surface area contributed by atoms with Gasteiger partial charge in [-0.1, -0.05) is 30.3 Å². The number of rotatable bonds is 4. The Bertz CT molecular complexity index is 1070. The lowest BCUT2D eigenvalue weighted by Gasteiger charge is -2.12. The number of benzene rings is 2. The van der Waals surface area contributed by atoms with Gasteiger partial charge in [-0.3, -0.25) is 0 Å². The maximum Gasteiger partial charge on any atom is 0.213 e. The van der Waals surface area contributed by atoms with Crippen LogP contribution in [0, 0.1) is 12.7 Å². The van der Waals surface area contributed by atoms with Crippen molar-refractivity contribution in [3.05, 3.63) is 89.5 Å². The molecule has 0 aliphatic carbocycles. The number of fused-ring (bicyclic) bond motifs is 1. The Balaban J connectivity index is 1.91. The van der Waals surface area contributed by atoms with E-state index in [4.69, 9.17) is 4.74 Å². The van der Waals surface area contributed by atoms with E-state index in [0.29, 0.717) is 17.9 Å². The summed E-state index contributed by atoms with van der Waals surface area (Å²) in [6.45, 7) is 1.82. The van der Waals surface area contributed by atoms with Crippen molar-refractivity contribution >= 4 is 10.9 Å². The van der Waals surface area contributed by atoms with Crippen molar-refractivity contribution in [1.29, 1.82) is 0 Å². The fraction of sp³-hybridized carbons (Fsp3) is 0.136. The third-order valence-corrected chi connectivity index (χ3v) is 4.71. The Hall–Kier alpha value is -3.14. The summed E-state index contributed by atoms with van der Waals surface area (Å²) in [4.78, 5) is 4.36. The van der Waals surface area contributed by atoms with E-state index in [0.717, 1.165) is 27.8 Å². The van der Waals surface area contributed by atoms with Gasteiger partial charge in [0.1, 0.15) is 5.82 Å². The van der Waals surface area contributed by atoms with Gasteiger partial charge in [0.25, 0.3) is 0 Å². The molecule has 0 unspecified atom stereocenters. The van der Waals surface area contributed by atoms with E-state index in [-0.39, 0.29) is 5.82 Å². The van der Waals surface area contributed by atoms with Gasteiger partial charge >= 0.3 is 0 Å². The van der Waals surface area contributed by atoms with E-state index >= 15 is 0 Å². The first-order chi connectivity index (χ1) is 12.7. The molecule has 0 aliphatic heterocycles. The van der Waals surface area contributed by atoms with Crippen molar-refractivity contribution in [3.63, 3.8) is 0 Å². The van der Waals surface area contributed by atoms with Gasteiger partial charge in [-0.15, -0.1) is 0 Å². The smallest absolute Gasteiger partial charge is 0.213 e. The number of nitrogens with zero attached hydrogens (tertiary/aromatic N) is 2. The first-order valence-corrected chi connectivity index (χ1v) is 8.51. The predicted molar refractivity (Wildman–Crippen MR) is 102 cm³/mol. The zero-order valence-electron chi connectivity index (χ0n) is 14.7. The Morgan fingerprint density at radius 3 is 2.62 bits per heavy atom. The van der Waals surface area contributed by atoms with Crippen molar-refractivity contribution < 1.29 is 9.13 Å². The summed E-state index contributed by atoms with van der Waals surface area (Å²) in [7, 11) is 1.61. The first-order valence-electron chi connectivity index (χ1n) is 8.51. The second kappa shape index (κ2) is 6.64. The summed E-state index contributed by atoms with van der Waals surface area (Å²) in [5, 5.41) is 1.05. The number of para-hydroxylation sites is 1. The van der Waals surface area contributed by atoms with Crippen LogP contribution in [0.25, 0.3) is 16.6 Å². The van der Waals surface area contributed by atoms with Crippen LogP contribution in [0.3, 0.4) is 0 Å². The molecule has 0 amide bonds. The van der Waals surface area contributed by atoms with Crippen molar-refractivity contribution in [3.8, 4) is 11.6 Å². The second-order valence-corrected chi connectivity index (χ2v) is 6.29. The van der Waals surface area contributed by atoms with Crippen molar-refractivity contribution in [2.24, 2.45) is 0 Å². The summed E-state index contributed by atoms with van der Waals surface area (Å²) < 4.78 is 21.4. The number of hydrogen-bond acceptors (Lipinski definition) is 2. The fourth-order valence-electron chi connectivity index (χ4n) is 3.31. The molecule has 0 saturated carbocycles. The van der Waals surface area contributed by atoms with Crippen LogP contribution < -0.4 is 4.74 Å². The highest BCUT2D eigenvalue weighted by Gasteiger charge is 2.14. The molecule has 0 spiro atoms. The molecule has 0 saturated heterocycles. The van der Waals surface area contributed by atoms with Gasteiger partial charge < -0.3 is 9.30 Å². The normalized spacial score (nSPS) is 11.0. The van der Waals surface area contributed by atoms with E-state index < -0.39 is 0 Å². The van der Waals surface area contributed by atoms with E-state index in [1.54, 1.807) is 13.2 Å². The minimum Gasteiger partial charge on any atom is -0.481 e. The maximum atomic E-state index is 14.0. The number of methoxy groups -OCH3 is 1. The Morgan fingerprint density at radius 2 is 1.85 bits per heavy atom. The predicted octanol–water partition coefficient (Wildman–Crippen LogP) is 5.07. The van der Waals surface area contributed by atoms with Gasteiger partial charge in [0.2, 0.25) is 5.88 Å². The largest absolute Gasteiger partial charge is 0.481 e. The summed E-state index contributed by atoms with van der Waals surface area (Å²) in [5.41, 5.74) is 4.80. The average Bonchev–Trinajstić information content (AvgIpc) is 3.03. The topological polar surface area (TPSA) is 27.1 Å². The number of halogens is 1. The summed E-state index contributed by atoms with van der Waals surface area (Å²) in [6.07, 6.45) is 2.46. The molecule has 130 valence electrons. The van der Waals surface area contributed by atoms with E-state index in [9.17, 15) is 4.39 Å². The minimum absolute atomic E-state index is 0.173. The van der Waals surface area contributed by atoms with E-state index in [2.05, 4.69) is 27.8 Å². The molecule has 2 heterocycles. The second-order valence-electron chi connectivity index (χ2n) is 6.29. The molecule has 0 fully saturated rings. The molecule has 0 radical (unpaired) electrons. The average molecular weight is 346 g/mol. The molecule has 3 nitrogen and oxygen atoms in total. The Morgan fingerprint density at radius 1 is 1.04 bits per heavy atom. The standard InChI is InChI=1S/C22H19FN2O/c1-15-16(7-6-10-20(15)23)11-19-12-17-13-22(26-2)24-14-21(17)25(19)18-8-4-3-5-9-18/h3-10,12-14H,11H2,1-2H3. The number of pyridine rings is 1. The molecule has 26 heavy (non-hydrogen) atoms. The lowest BCUT2D eigenvalue weighted by molar-refractivity contribution is 0.398. The highest BCUT2D eigenvalue weighted by Crippen LogP contribution is 2.28. The van der Waals surface area contributed by atoms with Gasteiger partial charge in [0.05, 0.1) is 18.8 Å². The van der Waals surface area contributed by atoms with E-state index in [1.807, 2.05) is 43.5 Å². The SMILES string of the molecule is COc1cc2cc(Cc3cccc(F)c3C)n(-c3ccccc3)c2cn1. The van der Waals surface area contributed by atoms with Crippen LogP contribution in [0.5, 0.6) is 5.88 Å². The third-order valence-electron chi connectivity index (χ3n) is 4.71. The maximum absolute atomic E-state index is 14.0. The van der Waals surface area contributed by atoms with Crippen molar-refractivity contribution in [2.75, 3.05) is 7.11 Å². The molecular formula is C22H19FN2O. The Labute approximate surface area is 151 Å². The molecule has 4 aromatic rings. The molecule has 2 aromatic heterocycles. The first kappa shape index (κ1) is 16.3. The molecule has 0 bridgehead atoms. The summed E-state index contributed by atoms with van der Waals surface area (Å²) in [6, 6.07) is 19.4. The zero-order valence-corrected chi connectivity index (χ0v) is 14.7. The molecule has 2 aromatic carbocycles. The van der Waals surface area contributed by atoms with Crippen molar-refractivity contribution in [2.45, 2.75) is 13.3 Å². The summed E-state index contributed by atoms with van der Waals surface area (Å²) in [5.74, 6) is 0.407. The van der Waals surface area contributed by atoms with Gasteiger partial charge in [0, 0.05) is 29.3 Å². The molecule has 0 N–H and O–H groups in total. The number of aromatic nitrogens is 2. The molecule has 4 heteroatoms. The zero-order chi connectivity index (χ0) is 18.1. The lowest BCUT2D eigenvalue weighted by Crippen LogP contribution is -2.03. The van der Waals surface area contributed by atoms with Crippen LogP contribution in [-0.2, 0) is 6.42 Å². The van der Waals surface area contributed by atoms with Gasteiger partial charge in [-0.25, -0.2) is 9.37 Å². The van der Waals surface area contributed by atoms with Crippen LogP contribution in [0.1, 0.15) is 16.8 Å². The lowest BCUT2D eigenvalue weighted by atomic mass is 10.0. The third kappa shape index (κ3) is 2.84. The highest BCUT2D eigenvalue weighted by molar-refractivity contribution is 5.83. The van der Waals surface area contributed by atoms with Crippen LogP contribution in [0.4, 0.5) is 4.39 Å². The van der Waals surface area contributed by atoms with Crippen LogP contribution in [0.2, 0.25) is 0 Å². The van der Waals surface area contributed by atoms with Crippen LogP contribution in [-0.4, -0.2) is 16.7 Å². The minimum atomic E-state index is -0.173. The fourth-order valence-corrected chi connectivity index (χ4v) is 3.31. The highest BCUT2D eigenvalue weighted by atomic mass is 19.1. The quantitative estimate of drug-likeness (QED) is 0.516. The van der Waals surface area contributed by atoms with Gasteiger partial charge in [0.15, 0.2) is 0 Å². The van der Waals surface area contributed by atoms with Crippen LogP contribution in [0.15, 0.2) is 66.9 Å². The van der Waals surface area contributed by atoms with Crippen LogP contribution >= 0.6 is 0 Å². The van der Waals surface area contributed by atoms with Gasteiger partial charge in [-0.2, -0.15) is 0 Å². The Kier molecular flexibility index (Phi) is 4.17. The van der Waals surface area contributed by atoms with Crippen molar-refractivity contribution in [1.82, 2.24) is 9.55 Å². The molecular weight excluding hydrogens is 327 g/mol. The summed E-state index contributed by atoms with van der Waals surface area (Å²) >= 11 is 0. The van der Waals surface area contributed by atoms with E-state index in [1.165, 1.54) is 6.07 Å². The molecule has 4 rings (SSSR count). The monoisotopic (exact) mass is 346 g/mol. The number of ether oxygens (including phenoxy) is 1. The molecule has 0 atom stereocenters. The molecule has 0 aliphatic rings. The number of hydrogen-bond donors (Lipinski definition) is 0. The van der Waals surface area contributed by atoms with Gasteiger partial charge in [-0.05, 0) is 42.3 Å².